The number of nitro groups is 1. The van der Waals surface area contributed by atoms with Crippen molar-refractivity contribution >= 4 is 44.7 Å². The molecule has 0 radical (unpaired) electrons. The van der Waals surface area contributed by atoms with Crippen molar-refractivity contribution in [2.45, 2.75) is 6.92 Å². The molecule has 20 heavy (non-hydrogen) atoms. The topological polar surface area (TPSA) is 81.0 Å². The first-order chi connectivity index (χ1) is 9.38. The molecule has 0 amide bonds. The third-order valence-electron chi connectivity index (χ3n) is 2.40. The number of nitrogens with zero attached hydrogens (tertiary/aromatic N) is 3. The Morgan fingerprint density at radius 1 is 1.45 bits per heavy atom. The maximum absolute atomic E-state index is 13.0. The van der Waals surface area contributed by atoms with Crippen LogP contribution in [0, 0.1) is 22.9 Å². The second kappa shape index (κ2) is 5.68. The highest BCUT2D eigenvalue weighted by Crippen LogP contribution is 2.32. The lowest BCUT2D eigenvalue weighted by molar-refractivity contribution is -0.385. The number of halogens is 3. The quantitative estimate of drug-likeness (QED) is 0.508. The minimum Gasteiger partial charge on any atom is -0.333 e. The summed E-state index contributed by atoms with van der Waals surface area (Å²) in [6, 6.07) is 3.87. The van der Waals surface area contributed by atoms with Crippen molar-refractivity contribution in [2.24, 2.45) is 0 Å². The number of anilines is 2. The van der Waals surface area contributed by atoms with Crippen LogP contribution in [-0.2, 0) is 0 Å². The van der Waals surface area contributed by atoms with E-state index in [4.69, 9.17) is 11.6 Å². The molecule has 1 N–H and O–H groups in total. The van der Waals surface area contributed by atoms with E-state index in [2.05, 4.69) is 31.2 Å². The van der Waals surface area contributed by atoms with Gasteiger partial charge in [0.25, 0.3) is 0 Å². The highest BCUT2D eigenvalue weighted by Gasteiger charge is 2.22. The minimum atomic E-state index is -0.606. The van der Waals surface area contributed by atoms with Crippen LogP contribution in [0.5, 0.6) is 0 Å². The SMILES string of the molecule is Cc1nc(Cl)nc(Nc2ccc(F)cc2Br)c1[N+](=O)[O-]. The van der Waals surface area contributed by atoms with E-state index in [-0.39, 0.29) is 22.5 Å². The highest BCUT2D eigenvalue weighted by molar-refractivity contribution is 9.10. The fourth-order valence-electron chi connectivity index (χ4n) is 1.56. The summed E-state index contributed by atoms with van der Waals surface area (Å²) in [5.41, 5.74) is 0.269. The Labute approximate surface area is 126 Å². The first kappa shape index (κ1) is 14.6. The van der Waals surface area contributed by atoms with Gasteiger partial charge < -0.3 is 5.32 Å². The molecule has 9 heteroatoms. The molecule has 1 aromatic heterocycles. The molecule has 0 spiro atoms. The lowest BCUT2D eigenvalue weighted by atomic mass is 10.3. The van der Waals surface area contributed by atoms with Gasteiger partial charge in [0.15, 0.2) is 0 Å². The molecule has 0 bridgehead atoms. The minimum absolute atomic E-state index is 0.0557. The summed E-state index contributed by atoms with van der Waals surface area (Å²) < 4.78 is 13.4. The largest absolute Gasteiger partial charge is 0.333 e. The number of aromatic nitrogens is 2. The predicted octanol–water partition coefficient (Wildman–Crippen LogP) is 3.99. The van der Waals surface area contributed by atoms with Crippen LogP contribution >= 0.6 is 27.5 Å². The van der Waals surface area contributed by atoms with E-state index < -0.39 is 10.7 Å². The maximum atomic E-state index is 13.0. The molecule has 0 fully saturated rings. The molecule has 0 atom stereocenters. The summed E-state index contributed by atoms with van der Waals surface area (Å²) >= 11 is 8.86. The van der Waals surface area contributed by atoms with Gasteiger partial charge in [0.05, 0.1) is 10.6 Å². The van der Waals surface area contributed by atoms with Gasteiger partial charge in [-0.25, -0.2) is 9.37 Å². The molecular weight excluding hydrogens is 355 g/mol. The van der Waals surface area contributed by atoms with Crippen LogP contribution in [0.3, 0.4) is 0 Å². The molecular formula is C11H7BrClFN4O2. The van der Waals surface area contributed by atoms with Gasteiger partial charge in [-0.05, 0) is 52.7 Å². The second-order valence-corrected chi connectivity index (χ2v) is 4.97. The van der Waals surface area contributed by atoms with Crippen LogP contribution in [0.15, 0.2) is 22.7 Å². The molecule has 0 saturated carbocycles. The summed E-state index contributed by atoms with van der Waals surface area (Å²) in [6.45, 7) is 1.45. The third-order valence-corrected chi connectivity index (χ3v) is 3.22. The number of rotatable bonds is 3. The normalized spacial score (nSPS) is 10.4. The van der Waals surface area contributed by atoms with Crippen LogP contribution in [-0.4, -0.2) is 14.9 Å². The van der Waals surface area contributed by atoms with Crippen molar-refractivity contribution < 1.29 is 9.31 Å². The van der Waals surface area contributed by atoms with E-state index in [1.165, 1.54) is 25.1 Å². The molecule has 0 unspecified atom stereocenters. The van der Waals surface area contributed by atoms with Gasteiger partial charge in [0, 0.05) is 4.47 Å². The van der Waals surface area contributed by atoms with Crippen LogP contribution in [0.25, 0.3) is 0 Å². The van der Waals surface area contributed by atoms with Crippen molar-refractivity contribution in [2.75, 3.05) is 5.32 Å². The summed E-state index contributed by atoms with van der Waals surface area (Å²) in [5, 5.41) is 13.7. The molecule has 6 nitrogen and oxygen atoms in total. The lowest BCUT2D eigenvalue weighted by Gasteiger charge is -2.09. The van der Waals surface area contributed by atoms with Gasteiger partial charge in [-0.1, -0.05) is 0 Å². The average molecular weight is 362 g/mol. The third kappa shape index (κ3) is 3.02. The van der Waals surface area contributed by atoms with Gasteiger partial charge in [-0.2, -0.15) is 4.98 Å². The second-order valence-electron chi connectivity index (χ2n) is 3.78. The zero-order chi connectivity index (χ0) is 14.9. The number of hydrogen-bond acceptors (Lipinski definition) is 5. The Morgan fingerprint density at radius 2 is 2.15 bits per heavy atom. The fourth-order valence-corrected chi connectivity index (χ4v) is 2.22. The summed E-state index contributed by atoms with van der Waals surface area (Å²) in [5.74, 6) is -0.492. The van der Waals surface area contributed by atoms with Gasteiger partial charge in [-0.15, -0.1) is 0 Å². The van der Waals surface area contributed by atoms with Crippen molar-refractivity contribution in [1.29, 1.82) is 0 Å². The Balaban J connectivity index is 2.50. The number of aryl methyl sites for hydroxylation is 1. The molecule has 104 valence electrons. The molecule has 0 saturated heterocycles. The predicted molar refractivity (Wildman–Crippen MR) is 75.8 cm³/mol. The van der Waals surface area contributed by atoms with Crippen LogP contribution < -0.4 is 5.32 Å². The van der Waals surface area contributed by atoms with E-state index in [0.717, 1.165) is 0 Å². The van der Waals surface area contributed by atoms with Crippen molar-refractivity contribution in [1.82, 2.24) is 9.97 Å². The van der Waals surface area contributed by atoms with E-state index in [9.17, 15) is 14.5 Å². The average Bonchev–Trinajstić information content (AvgIpc) is 2.31. The summed E-state index contributed by atoms with van der Waals surface area (Å²) in [6.07, 6.45) is 0. The van der Waals surface area contributed by atoms with E-state index in [0.29, 0.717) is 10.2 Å². The number of nitrogens with one attached hydrogen (secondary N) is 1. The van der Waals surface area contributed by atoms with Gasteiger partial charge in [0.1, 0.15) is 11.5 Å². The van der Waals surface area contributed by atoms with Crippen molar-refractivity contribution in [3.05, 3.63) is 49.6 Å². The molecule has 0 aliphatic carbocycles. The smallest absolute Gasteiger partial charge is 0.332 e. The van der Waals surface area contributed by atoms with Gasteiger partial charge >= 0.3 is 5.69 Å². The van der Waals surface area contributed by atoms with Crippen molar-refractivity contribution in [3.8, 4) is 0 Å². The summed E-state index contributed by atoms with van der Waals surface area (Å²) in [7, 11) is 0. The Bertz CT molecular complexity index is 698. The zero-order valence-electron chi connectivity index (χ0n) is 10.0. The molecule has 1 aromatic carbocycles. The molecule has 2 rings (SSSR count). The molecule has 2 aromatic rings. The Morgan fingerprint density at radius 3 is 2.75 bits per heavy atom. The van der Waals surface area contributed by atoms with Crippen LogP contribution in [0.4, 0.5) is 21.6 Å². The highest BCUT2D eigenvalue weighted by atomic mass is 79.9. The first-order valence-electron chi connectivity index (χ1n) is 5.29. The standard InChI is InChI=1S/C11H7BrClFN4O2/c1-5-9(18(19)20)10(17-11(13)15-5)16-8-3-2-6(14)4-7(8)12/h2-4H,1H3,(H,15,16,17). The fraction of sp³-hybridized carbons (Fsp3) is 0.0909. The van der Waals surface area contributed by atoms with Crippen LogP contribution in [0.2, 0.25) is 5.28 Å². The molecule has 1 heterocycles. The Kier molecular flexibility index (Phi) is 4.15. The van der Waals surface area contributed by atoms with E-state index >= 15 is 0 Å². The monoisotopic (exact) mass is 360 g/mol. The molecule has 0 aliphatic rings. The lowest BCUT2D eigenvalue weighted by Crippen LogP contribution is -2.04. The number of hydrogen-bond donors (Lipinski definition) is 1. The Hall–Kier alpha value is -1.80. The molecule has 0 aliphatic heterocycles. The van der Waals surface area contributed by atoms with Crippen LogP contribution in [0.1, 0.15) is 5.69 Å². The maximum Gasteiger partial charge on any atom is 0.332 e. The van der Waals surface area contributed by atoms with Crippen molar-refractivity contribution in [3.63, 3.8) is 0 Å². The van der Waals surface area contributed by atoms with Gasteiger partial charge in [0.2, 0.25) is 11.1 Å². The first-order valence-corrected chi connectivity index (χ1v) is 6.46. The zero-order valence-corrected chi connectivity index (χ0v) is 12.4. The van der Waals surface area contributed by atoms with E-state index in [1.54, 1.807) is 0 Å². The number of benzene rings is 1. The van der Waals surface area contributed by atoms with Gasteiger partial charge in [-0.3, -0.25) is 10.1 Å². The van der Waals surface area contributed by atoms with E-state index in [1.807, 2.05) is 0 Å². The summed E-state index contributed by atoms with van der Waals surface area (Å²) in [4.78, 5) is 18.0.